The van der Waals surface area contributed by atoms with Gasteiger partial charge >= 0.3 is 0 Å². The molecule has 2 heterocycles. The van der Waals surface area contributed by atoms with E-state index in [9.17, 15) is 5.26 Å². The van der Waals surface area contributed by atoms with E-state index in [1.165, 1.54) is 0 Å². The number of benzene rings is 2. The lowest BCUT2D eigenvalue weighted by Gasteiger charge is -2.03. The minimum absolute atomic E-state index is 0.645. The number of allylic oxidation sites excluding steroid dienone is 1. The highest BCUT2D eigenvalue weighted by molar-refractivity contribution is 6.04. The van der Waals surface area contributed by atoms with Gasteiger partial charge in [0.15, 0.2) is 0 Å². The van der Waals surface area contributed by atoms with Crippen molar-refractivity contribution in [3.05, 3.63) is 78.2 Å². The number of fused-ring (bicyclic) bond motifs is 2. The van der Waals surface area contributed by atoms with Crippen molar-refractivity contribution in [1.82, 2.24) is 9.97 Å². The van der Waals surface area contributed by atoms with Crippen molar-refractivity contribution in [1.29, 1.82) is 5.26 Å². The highest BCUT2D eigenvalue weighted by atomic mass is 14.7. The molecular weight excluding hydrogens is 282 g/mol. The van der Waals surface area contributed by atoms with Crippen LogP contribution in [0.1, 0.15) is 11.1 Å². The summed E-state index contributed by atoms with van der Waals surface area (Å²) in [6.07, 6.45) is 7.45. The molecule has 2 aromatic heterocycles. The maximum absolute atomic E-state index is 9.65. The van der Waals surface area contributed by atoms with E-state index in [2.05, 4.69) is 16.0 Å². The smallest absolute Gasteiger partial charge is 0.0998 e. The van der Waals surface area contributed by atoms with Gasteiger partial charge in [0.25, 0.3) is 0 Å². The first kappa shape index (κ1) is 13.3. The molecule has 4 rings (SSSR count). The SMILES string of the molecule is N#C/C(=C\c1cccc2cnccc12)c1c[nH]c2ccccc12. The first-order chi connectivity index (χ1) is 11.4. The molecule has 108 valence electrons. The quantitative estimate of drug-likeness (QED) is 0.541. The molecule has 3 heteroatoms. The monoisotopic (exact) mass is 295 g/mol. The minimum Gasteiger partial charge on any atom is -0.361 e. The summed E-state index contributed by atoms with van der Waals surface area (Å²) in [6.45, 7) is 0. The van der Waals surface area contributed by atoms with Gasteiger partial charge < -0.3 is 4.98 Å². The van der Waals surface area contributed by atoms with Crippen LogP contribution in [0.15, 0.2) is 67.1 Å². The van der Waals surface area contributed by atoms with E-state index < -0.39 is 0 Å². The Hall–Kier alpha value is -3.38. The number of para-hydroxylation sites is 1. The zero-order valence-electron chi connectivity index (χ0n) is 12.3. The van der Waals surface area contributed by atoms with E-state index in [-0.39, 0.29) is 0 Å². The average molecular weight is 295 g/mol. The summed E-state index contributed by atoms with van der Waals surface area (Å²) in [6, 6.07) is 18.4. The zero-order chi connectivity index (χ0) is 15.6. The molecule has 2 aromatic carbocycles. The summed E-state index contributed by atoms with van der Waals surface area (Å²) in [5.74, 6) is 0. The van der Waals surface area contributed by atoms with Crippen molar-refractivity contribution in [2.45, 2.75) is 0 Å². The average Bonchev–Trinajstić information content (AvgIpc) is 3.04. The first-order valence-corrected chi connectivity index (χ1v) is 7.38. The van der Waals surface area contributed by atoms with Crippen LogP contribution in [0.4, 0.5) is 0 Å². The molecule has 0 radical (unpaired) electrons. The van der Waals surface area contributed by atoms with Gasteiger partial charge in [0.1, 0.15) is 0 Å². The molecule has 0 spiro atoms. The fourth-order valence-corrected chi connectivity index (χ4v) is 2.89. The molecule has 23 heavy (non-hydrogen) atoms. The van der Waals surface area contributed by atoms with Gasteiger partial charge in [-0.1, -0.05) is 36.4 Å². The van der Waals surface area contributed by atoms with E-state index in [0.717, 1.165) is 32.8 Å². The van der Waals surface area contributed by atoms with E-state index in [4.69, 9.17) is 0 Å². The molecule has 0 bridgehead atoms. The second-order valence-corrected chi connectivity index (χ2v) is 5.36. The molecule has 0 saturated heterocycles. The summed E-state index contributed by atoms with van der Waals surface area (Å²) in [5, 5.41) is 12.9. The third-order valence-electron chi connectivity index (χ3n) is 4.01. The number of aromatic nitrogens is 2. The van der Waals surface area contributed by atoms with E-state index in [0.29, 0.717) is 5.57 Å². The number of nitrogens with one attached hydrogen (secondary N) is 1. The van der Waals surface area contributed by atoms with Crippen LogP contribution in [0.2, 0.25) is 0 Å². The molecule has 4 aromatic rings. The molecular formula is C20H13N3. The Labute approximate surface area is 133 Å². The van der Waals surface area contributed by atoms with E-state index >= 15 is 0 Å². The maximum atomic E-state index is 9.65. The van der Waals surface area contributed by atoms with Crippen molar-refractivity contribution < 1.29 is 0 Å². The molecule has 0 fully saturated rings. The minimum atomic E-state index is 0.645. The lowest BCUT2D eigenvalue weighted by Crippen LogP contribution is -1.83. The number of nitrogens with zero attached hydrogens (tertiary/aromatic N) is 2. The fraction of sp³-hybridized carbons (Fsp3) is 0. The standard InChI is InChI=1S/C20H13N3/c21-11-16(19-13-23-20-7-2-1-6-18(19)20)10-14-4-3-5-15-12-22-9-8-17(14)15/h1-10,12-13,23H/b16-10+. The maximum Gasteiger partial charge on any atom is 0.0998 e. The van der Waals surface area contributed by atoms with Crippen LogP contribution >= 0.6 is 0 Å². The largest absolute Gasteiger partial charge is 0.361 e. The molecule has 0 amide bonds. The van der Waals surface area contributed by atoms with Gasteiger partial charge in [0.2, 0.25) is 0 Å². The number of rotatable bonds is 2. The molecule has 0 atom stereocenters. The lowest BCUT2D eigenvalue weighted by molar-refractivity contribution is 1.36. The van der Waals surface area contributed by atoms with Gasteiger partial charge in [-0.05, 0) is 29.2 Å². The summed E-state index contributed by atoms with van der Waals surface area (Å²) in [5.41, 5.74) is 3.62. The van der Waals surface area contributed by atoms with Crippen LogP contribution in [0.3, 0.4) is 0 Å². The number of hydrogen-bond acceptors (Lipinski definition) is 2. The topological polar surface area (TPSA) is 52.5 Å². The predicted octanol–water partition coefficient (Wildman–Crippen LogP) is 4.78. The van der Waals surface area contributed by atoms with Crippen LogP contribution in [-0.4, -0.2) is 9.97 Å². The normalized spacial score (nSPS) is 11.7. The Morgan fingerprint density at radius 3 is 2.87 bits per heavy atom. The third kappa shape index (κ3) is 2.27. The molecule has 0 unspecified atom stereocenters. The summed E-state index contributed by atoms with van der Waals surface area (Å²) >= 11 is 0. The summed E-state index contributed by atoms with van der Waals surface area (Å²) < 4.78 is 0. The summed E-state index contributed by atoms with van der Waals surface area (Å²) in [4.78, 5) is 7.38. The highest BCUT2D eigenvalue weighted by Gasteiger charge is 2.09. The summed E-state index contributed by atoms with van der Waals surface area (Å²) in [7, 11) is 0. The Bertz CT molecular complexity index is 1080. The number of aromatic amines is 1. The van der Waals surface area contributed by atoms with Crippen LogP contribution in [0, 0.1) is 11.3 Å². The Kier molecular flexibility index (Phi) is 3.14. The number of H-pyrrole nitrogens is 1. The fourth-order valence-electron chi connectivity index (χ4n) is 2.89. The zero-order valence-corrected chi connectivity index (χ0v) is 12.3. The second-order valence-electron chi connectivity index (χ2n) is 5.36. The van der Waals surface area contributed by atoms with E-state index in [1.807, 2.05) is 67.0 Å². The van der Waals surface area contributed by atoms with Crippen LogP contribution < -0.4 is 0 Å². The Morgan fingerprint density at radius 1 is 1.04 bits per heavy atom. The van der Waals surface area contributed by atoms with Gasteiger partial charge in [-0.15, -0.1) is 0 Å². The molecule has 1 N–H and O–H groups in total. The lowest BCUT2D eigenvalue weighted by atomic mass is 10.00. The number of pyridine rings is 1. The van der Waals surface area contributed by atoms with Gasteiger partial charge in [0.05, 0.1) is 11.6 Å². The van der Waals surface area contributed by atoms with Gasteiger partial charge in [-0.25, -0.2) is 0 Å². The van der Waals surface area contributed by atoms with Crippen LogP contribution in [0.25, 0.3) is 33.3 Å². The number of hydrogen-bond donors (Lipinski definition) is 1. The highest BCUT2D eigenvalue weighted by Crippen LogP contribution is 2.28. The van der Waals surface area contributed by atoms with Gasteiger partial charge in [-0.2, -0.15) is 5.26 Å². The van der Waals surface area contributed by atoms with Crippen molar-refractivity contribution >= 4 is 33.3 Å². The van der Waals surface area contributed by atoms with Gasteiger partial charge in [-0.3, -0.25) is 4.98 Å². The van der Waals surface area contributed by atoms with E-state index in [1.54, 1.807) is 6.20 Å². The van der Waals surface area contributed by atoms with Crippen molar-refractivity contribution in [3.63, 3.8) is 0 Å². The third-order valence-corrected chi connectivity index (χ3v) is 4.01. The van der Waals surface area contributed by atoms with Crippen LogP contribution in [-0.2, 0) is 0 Å². The molecule has 0 aliphatic rings. The second kappa shape index (κ2) is 5.43. The van der Waals surface area contributed by atoms with Crippen molar-refractivity contribution in [2.24, 2.45) is 0 Å². The predicted molar refractivity (Wildman–Crippen MR) is 93.5 cm³/mol. The van der Waals surface area contributed by atoms with Crippen molar-refractivity contribution in [3.8, 4) is 6.07 Å². The van der Waals surface area contributed by atoms with Gasteiger partial charge in [0, 0.05) is 40.4 Å². The molecule has 0 aliphatic heterocycles. The Morgan fingerprint density at radius 2 is 1.96 bits per heavy atom. The molecule has 3 nitrogen and oxygen atoms in total. The number of nitriles is 1. The Balaban J connectivity index is 1.93. The van der Waals surface area contributed by atoms with Crippen molar-refractivity contribution in [2.75, 3.05) is 0 Å². The molecule has 0 aliphatic carbocycles. The molecule has 0 saturated carbocycles. The van der Waals surface area contributed by atoms with Crippen LogP contribution in [0.5, 0.6) is 0 Å². The first-order valence-electron chi connectivity index (χ1n) is 7.38.